The molecule has 0 aliphatic rings. The second-order valence-corrected chi connectivity index (χ2v) is 5.74. The van der Waals surface area contributed by atoms with Crippen LogP contribution >= 0.6 is 11.3 Å². The topological polar surface area (TPSA) is 67.2 Å². The minimum atomic E-state index is -1.07. The molecule has 2 rings (SSSR count). The van der Waals surface area contributed by atoms with Gasteiger partial charge in [0, 0.05) is 6.54 Å². The summed E-state index contributed by atoms with van der Waals surface area (Å²) in [5.41, 5.74) is 1.07. The highest BCUT2D eigenvalue weighted by atomic mass is 32.1. The van der Waals surface area contributed by atoms with E-state index in [0.29, 0.717) is 12.2 Å². The van der Waals surface area contributed by atoms with Crippen molar-refractivity contribution in [2.24, 2.45) is 0 Å². The van der Waals surface area contributed by atoms with Gasteiger partial charge < -0.3 is 10.4 Å². The number of aryl methyl sites for hydroxylation is 2. The molecule has 108 valence electrons. The number of hydrogen-bond donors (Lipinski definition) is 2. The van der Waals surface area contributed by atoms with Crippen LogP contribution in [0.25, 0.3) is 0 Å². The Hall–Kier alpha value is -1.66. The second-order valence-electron chi connectivity index (χ2n) is 4.96. The molecule has 0 spiro atoms. The standard InChI is InChI=1S/C14H19N3O2S/c1-4-17-12(7-10(2)16-17)13(18)15-9-14(3,19)11-5-6-20-8-11/h5-8,19H,4,9H2,1-3H3,(H,15,18). The third-order valence-corrected chi connectivity index (χ3v) is 3.85. The van der Waals surface area contributed by atoms with Crippen LogP contribution in [0.5, 0.6) is 0 Å². The van der Waals surface area contributed by atoms with Gasteiger partial charge in [-0.2, -0.15) is 16.4 Å². The molecule has 0 aromatic carbocycles. The predicted octanol–water partition coefficient (Wildman–Crippen LogP) is 1.91. The molecule has 2 heterocycles. The number of hydrogen-bond acceptors (Lipinski definition) is 4. The fourth-order valence-corrected chi connectivity index (χ4v) is 2.77. The maximum atomic E-state index is 12.2. The molecule has 1 atom stereocenters. The van der Waals surface area contributed by atoms with Gasteiger partial charge in [0.1, 0.15) is 11.3 Å². The summed E-state index contributed by atoms with van der Waals surface area (Å²) < 4.78 is 1.66. The van der Waals surface area contributed by atoms with Crippen molar-refractivity contribution in [2.45, 2.75) is 32.9 Å². The number of thiophene rings is 1. The molecule has 1 amide bonds. The number of carbonyl (C=O) groups excluding carboxylic acids is 1. The summed E-state index contributed by atoms with van der Waals surface area (Å²) in [5, 5.41) is 21.2. The highest BCUT2D eigenvalue weighted by Gasteiger charge is 2.25. The van der Waals surface area contributed by atoms with E-state index in [1.165, 1.54) is 11.3 Å². The number of aromatic nitrogens is 2. The van der Waals surface area contributed by atoms with E-state index in [1.807, 2.05) is 30.7 Å². The first-order chi connectivity index (χ1) is 9.44. The normalized spacial score (nSPS) is 14.0. The first kappa shape index (κ1) is 14.7. The van der Waals surface area contributed by atoms with Crippen molar-refractivity contribution in [3.05, 3.63) is 39.8 Å². The molecule has 0 bridgehead atoms. The van der Waals surface area contributed by atoms with E-state index < -0.39 is 5.60 Å². The zero-order chi connectivity index (χ0) is 14.8. The van der Waals surface area contributed by atoms with Crippen LogP contribution in [-0.2, 0) is 12.1 Å². The Morgan fingerprint density at radius 3 is 2.95 bits per heavy atom. The molecule has 5 nitrogen and oxygen atoms in total. The summed E-state index contributed by atoms with van der Waals surface area (Å²) in [6, 6.07) is 3.61. The van der Waals surface area contributed by atoms with Crippen LogP contribution in [-0.4, -0.2) is 27.3 Å². The summed E-state index contributed by atoms with van der Waals surface area (Å²) >= 11 is 1.52. The zero-order valence-electron chi connectivity index (χ0n) is 11.9. The fourth-order valence-electron chi connectivity index (χ4n) is 1.99. The lowest BCUT2D eigenvalue weighted by Crippen LogP contribution is -2.39. The molecule has 0 saturated heterocycles. The molecular weight excluding hydrogens is 274 g/mol. The van der Waals surface area contributed by atoms with Gasteiger partial charge in [-0.25, -0.2) is 0 Å². The quantitative estimate of drug-likeness (QED) is 0.885. The number of nitrogens with zero attached hydrogens (tertiary/aromatic N) is 2. The highest BCUT2D eigenvalue weighted by Crippen LogP contribution is 2.22. The van der Waals surface area contributed by atoms with Gasteiger partial charge >= 0.3 is 0 Å². The van der Waals surface area contributed by atoms with Gasteiger partial charge in [-0.1, -0.05) is 0 Å². The third kappa shape index (κ3) is 3.08. The number of amides is 1. The van der Waals surface area contributed by atoms with E-state index in [0.717, 1.165) is 11.3 Å². The molecular formula is C14H19N3O2S. The monoisotopic (exact) mass is 293 g/mol. The Bertz CT molecular complexity index is 588. The number of rotatable bonds is 5. The summed E-state index contributed by atoms with van der Waals surface area (Å²) in [5.74, 6) is -0.219. The molecule has 2 aromatic heterocycles. The van der Waals surface area contributed by atoms with Crippen molar-refractivity contribution >= 4 is 17.2 Å². The smallest absolute Gasteiger partial charge is 0.269 e. The van der Waals surface area contributed by atoms with Gasteiger partial charge in [-0.3, -0.25) is 9.48 Å². The predicted molar refractivity (Wildman–Crippen MR) is 78.9 cm³/mol. The first-order valence-electron chi connectivity index (χ1n) is 6.51. The van der Waals surface area contributed by atoms with Gasteiger partial charge in [0.2, 0.25) is 0 Å². The largest absolute Gasteiger partial charge is 0.384 e. The Balaban J connectivity index is 2.05. The van der Waals surface area contributed by atoms with Gasteiger partial charge in [0.15, 0.2) is 0 Å². The molecule has 0 saturated carbocycles. The molecule has 2 aromatic rings. The summed E-state index contributed by atoms with van der Waals surface area (Å²) in [6.07, 6.45) is 0. The van der Waals surface area contributed by atoms with E-state index in [9.17, 15) is 9.90 Å². The third-order valence-electron chi connectivity index (χ3n) is 3.17. The van der Waals surface area contributed by atoms with Crippen LogP contribution in [0.1, 0.15) is 35.6 Å². The molecule has 6 heteroatoms. The van der Waals surface area contributed by atoms with E-state index in [1.54, 1.807) is 17.7 Å². The molecule has 2 N–H and O–H groups in total. The van der Waals surface area contributed by atoms with Gasteiger partial charge in [-0.15, -0.1) is 0 Å². The van der Waals surface area contributed by atoms with Gasteiger partial charge in [0.05, 0.1) is 12.2 Å². The molecule has 0 radical (unpaired) electrons. The first-order valence-corrected chi connectivity index (χ1v) is 7.46. The summed E-state index contributed by atoms with van der Waals surface area (Å²) in [6.45, 7) is 6.28. The Kier molecular flexibility index (Phi) is 4.25. The number of carbonyl (C=O) groups is 1. The minimum absolute atomic E-state index is 0.163. The van der Waals surface area contributed by atoms with Crippen LogP contribution in [0, 0.1) is 6.92 Å². The minimum Gasteiger partial charge on any atom is -0.384 e. The van der Waals surface area contributed by atoms with E-state index in [4.69, 9.17) is 0 Å². The van der Waals surface area contributed by atoms with Crippen LogP contribution in [0.2, 0.25) is 0 Å². The lowest BCUT2D eigenvalue weighted by atomic mass is 9.99. The highest BCUT2D eigenvalue weighted by molar-refractivity contribution is 7.08. The van der Waals surface area contributed by atoms with Gasteiger partial charge in [-0.05, 0) is 49.2 Å². The van der Waals surface area contributed by atoms with Crippen molar-refractivity contribution in [1.29, 1.82) is 0 Å². The molecule has 20 heavy (non-hydrogen) atoms. The Morgan fingerprint density at radius 2 is 2.35 bits per heavy atom. The van der Waals surface area contributed by atoms with Crippen molar-refractivity contribution < 1.29 is 9.90 Å². The number of nitrogens with one attached hydrogen (secondary N) is 1. The van der Waals surface area contributed by atoms with Crippen LogP contribution in [0.15, 0.2) is 22.9 Å². The summed E-state index contributed by atoms with van der Waals surface area (Å²) in [7, 11) is 0. The van der Waals surface area contributed by atoms with Crippen molar-refractivity contribution in [1.82, 2.24) is 15.1 Å². The number of aliphatic hydroxyl groups is 1. The van der Waals surface area contributed by atoms with Crippen LogP contribution in [0.4, 0.5) is 0 Å². The molecule has 0 fully saturated rings. The zero-order valence-corrected chi connectivity index (χ0v) is 12.7. The van der Waals surface area contributed by atoms with Crippen LogP contribution in [0.3, 0.4) is 0 Å². The van der Waals surface area contributed by atoms with Crippen LogP contribution < -0.4 is 5.32 Å². The van der Waals surface area contributed by atoms with Crippen molar-refractivity contribution in [2.75, 3.05) is 6.54 Å². The lowest BCUT2D eigenvalue weighted by Gasteiger charge is -2.22. The molecule has 0 aliphatic heterocycles. The Morgan fingerprint density at radius 1 is 1.60 bits per heavy atom. The second kappa shape index (κ2) is 5.76. The maximum absolute atomic E-state index is 12.2. The fraction of sp³-hybridized carbons (Fsp3) is 0.429. The van der Waals surface area contributed by atoms with Crippen molar-refractivity contribution in [3.8, 4) is 0 Å². The average molecular weight is 293 g/mol. The van der Waals surface area contributed by atoms with Gasteiger partial charge in [0.25, 0.3) is 5.91 Å². The summed E-state index contributed by atoms with van der Waals surface area (Å²) in [4.78, 5) is 12.2. The maximum Gasteiger partial charge on any atom is 0.269 e. The van der Waals surface area contributed by atoms with E-state index in [2.05, 4.69) is 10.4 Å². The van der Waals surface area contributed by atoms with Crippen molar-refractivity contribution in [3.63, 3.8) is 0 Å². The molecule has 0 aliphatic carbocycles. The lowest BCUT2D eigenvalue weighted by molar-refractivity contribution is 0.0527. The average Bonchev–Trinajstić information content (AvgIpc) is 3.05. The van der Waals surface area contributed by atoms with E-state index >= 15 is 0 Å². The SMILES string of the molecule is CCn1nc(C)cc1C(=O)NCC(C)(O)c1ccsc1. The molecule has 1 unspecified atom stereocenters. The van der Waals surface area contributed by atoms with E-state index in [-0.39, 0.29) is 12.5 Å². The Labute approximate surface area is 122 Å².